The number of hydrogen-bond donors (Lipinski definition) is 1. The highest BCUT2D eigenvalue weighted by atomic mass is 35.5. The number of nitrogens with zero attached hydrogens (tertiary/aromatic N) is 2. The molecule has 4 rings (SSSR count). The predicted molar refractivity (Wildman–Crippen MR) is 189 cm³/mol. The number of carbonyl (C=O) groups is 2. The lowest BCUT2D eigenvalue weighted by Crippen LogP contribution is -2.53. The second-order valence-electron chi connectivity index (χ2n) is 11.0. The Kier molecular flexibility index (Phi) is 13.1. The summed E-state index contributed by atoms with van der Waals surface area (Å²) in [7, 11) is -1.48. The third-order valence-corrected chi connectivity index (χ3v) is 10.1. The zero-order valence-corrected chi connectivity index (χ0v) is 29.4. The molecule has 1 atom stereocenters. The molecule has 0 fully saturated rings. The molecular formula is C36H39Cl2N3O6S. The first kappa shape index (κ1) is 36.6. The normalized spacial score (nSPS) is 11.8. The molecule has 0 aliphatic heterocycles. The zero-order chi connectivity index (χ0) is 34.7. The van der Waals surface area contributed by atoms with Crippen molar-refractivity contribution in [3.63, 3.8) is 0 Å². The summed E-state index contributed by atoms with van der Waals surface area (Å²) in [6, 6.07) is 25.8. The maximum Gasteiger partial charge on any atom is 0.264 e. The number of anilines is 1. The molecule has 0 radical (unpaired) electrons. The van der Waals surface area contributed by atoms with E-state index in [4.69, 9.17) is 32.7 Å². The number of unbranched alkanes of at least 4 members (excludes halogenated alkanes) is 1. The van der Waals surface area contributed by atoms with E-state index in [2.05, 4.69) is 5.32 Å². The van der Waals surface area contributed by atoms with Crippen molar-refractivity contribution >= 4 is 50.7 Å². The van der Waals surface area contributed by atoms with Crippen LogP contribution in [0, 0.1) is 0 Å². The van der Waals surface area contributed by atoms with Crippen LogP contribution in [-0.4, -0.2) is 58.5 Å². The van der Waals surface area contributed by atoms with Gasteiger partial charge >= 0.3 is 0 Å². The lowest BCUT2D eigenvalue weighted by Gasteiger charge is -2.34. The zero-order valence-electron chi connectivity index (χ0n) is 27.1. The molecule has 48 heavy (non-hydrogen) atoms. The molecule has 12 heteroatoms. The second-order valence-corrected chi connectivity index (χ2v) is 13.7. The standard InChI is InChI=1S/C36H39Cl2N3O6S/c1-4-5-20-39-36(43)32(21-26-12-8-6-9-13-26)40(24-27-16-17-28(37)22-31(27)38)35(42)25-41(29-14-10-7-11-15-29)48(44,45)30-18-19-33(46-2)34(23-30)47-3/h6-19,22-23,32H,4-5,20-21,24-25H2,1-3H3,(H,39,43)/t32-/m1/s1. The number of halogens is 2. The van der Waals surface area contributed by atoms with E-state index in [1.54, 1.807) is 48.5 Å². The number of methoxy groups -OCH3 is 2. The van der Waals surface area contributed by atoms with Crippen LogP contribution in [-0.2, 0) is 32.6 Å². The fourth-order valence-corrected chi connectivity index (χ4v) is 7.02. The van der Waals surface area contributed by atoms with Crippen molar-refractivity contribution in [2.75, 3.05) is 31.6 Å². The molecule has 0 saturated heterocycles. The van der Waals surface area contributed by atoms with Crippen molar-refractivity contribution in [1.82, 2.24) is 10.2 Å². The van der Waals surface area contributed by atoms with Crippen molar-refractivity contribution in [2.45, 2.75) is 43.7 Å². The lowest BCUT2D eigenvalue weighted by atomic mass is 10.0. The number of carbonyl (C=O) groups excluding carboxylic acids is 2. The van der Waals surface area contributed by atoms with Crippen molar-refractivity contribution < 1.29 is 27.5 Å². The van der Waals surface area contributed by atoms with Crippen molar-refractivity contribution in [1.29, 1.82) is 0 Å². The minimum absolute atomic E-state index is 0.0768. The van der Waals surface area contributed by atoms with Gasteiger partial charge in [0.25, 0.3) is 10.0 Å². The van der Waals surface area contributed by atoms with Crippen LogP contribution in [0.15, 0.2) is 102 Å². The van der Waals surface area contributed by atoms with Gasteiger partial charge in [-0.1, -0.05) is 91.1 Å². The average Bonchev–Trinajstić information content (AvgIpc) is 3.09. The highest BCUT2D eigenvalue weighted by Gasteiger charge is 2.35. The maximum absolute atomic E-state index is 14.6. The fraction of sp³-hybridized carbons (Fsp3) is 0.278. The molecule has 0 unspecified atom stereocenters. The van der Waals surface area contributed by atoms with E-state index in [1.165, 1.54) is 37.3 Å². The maximum atomic E-state index is 14.6. The number of rotatable bonds is 16. The molecule has 2 amide bonds. The van der Waals surface area contributed by atoms with Gasteiger partial charge in [-0.05, 0) is 53.9 Å². The highest BCUT2D eigenvalue weighted by molar-refractivity contribution is 7.92. The van der Waals surface area contributed by atoms with Crippen LogP contribution in [0.1, 0.15) is 30.9 Å². The van der Waals surface area contributed by atoms with Gasteiger partial charge in [-0.3, -0.25) is 13.9 Å². The van der Waals surface area contributed by atoms with E-state index in [1.807, 2.05) is 37.3 Å². The smallest absolute Gasteiger partial charge is 0.264 e. The Morgan fingerprint density at radius 3 is 2.15 bits per heavy atom. The Balaban J connectivity index is 1.81. The molecule has 0 aliphatic rings. The van der Waals surface area contributed by atoms with E-state index in [0.29, 0.717) is 27.9 Å². The van der Waals surface area contributed by atoms with Crippen LogP contribution in [0.25, 0.3) is 0 Å². The molecule has 0 spiro atoms. The molecule has 0 bridgehead atoms. The molecule has 254 valence electrons. The van der Waals surface area contributed by atoms with E-state index in [0.717, 1.165) is 22.7 Å². The number of hydrogen-bond acceptors (Lipinski definition) is 6. The quantitative estimate of drug-likeness (QED) is 0.129. The van der Waals surface area contributed by atoms with Crippen LogP contribution in [0.5, 0.6) is 11.5 Å². The summed E-state index contributed by atoms with van der Waals surface area (Å²) in [5.41, 5.74) is 1.63. The molecule has 0 aliphatic carbocycles. The molecule has 0 aromatic heterocycles. The van der Waals surface area contributed by atoms with E-state index in [-0.39, 0.29) is 35.2 Å². The van der Waals surface area contributed by atoms with Crippen molar-refractivity contribution in [2.24, 2.45) is 0 Å². The molecule has 9 nitrogen and oxygen atoms in total. The molecule has 0 saturated carbocycles. The summed E-state index contributed by atoms with van der Waals surface area (Å²) in [5.74, 6) is -0.411. The van der Waals surface area contributed by atoms with Gasteiger partial charge < -0.3 is 19.7 Å². The predicted octanol–water partition coefficient (Wildman–Crippen LogP) is 6.76. The SMILES string of the molecule is CCCCNC(=O)[C@@H](Cc1ccccc1)N(Cc1ccc(Cl)cc1Cl)C(=O)CN(c1ccccc1)S(=O)(=O)c1ccc(OC)c(OC)c1. The van der Waals surface area contributed by atoms with Gasteiger partial charge in [0, 0.05) is 35.6 Å². The van der Waals surface area contributed by atoms with Crippen LogP contribution in [0.3, 0.4) is 0 Å². The fourth-order valence-electron chi connectivity index (χ4n) is 5.12. The van der Waals surface area contributed by atoms with Gasteiger partial charge in [-0.2, -0.15) is 0 Å². The number of nitrogens with one attached hydrogen (secondary N) is 1. The van der Waals surface area contributed by atoms with Crippen LogP contribution in [0.2, 0.25) is 10.0 Å². The minimum atomic E-state index is -4.34. The third-order valence-electron chi connectivity index (χ3n) is 7.72. The molecule has 4 aromatic carbocycles. The first-order valence-corrected chi connectivity index (χ1v) is 17.6. The number of amides is 2. The Labute approximate surface area is 292 Å². The van der Waals surface area contributed by atoms with E-state index < -0.39 is 28.5 Å². The van der Waals surface area contributed by atoms with Gasteiger partial charge in [0.1, 0.15) is 12.6 Å². The third kappa shape index (κ3) is 9.21. The van der Waals surface area contributed by atoms with Gasteiger partial charge in [-0.15, -0.1) is 0 Å². The summed E-state index contributed by atoms with van der Waals surface area (Å²) in [6.45, 7) is 1.75. The van der Waals surface area contributed by atoms with Crippen LogP contribution in [0.4, 0.5) is 5.69 Å². The first-order chi connectivity index (χ1) is 23.1. The summed E-state index contributed by atoms with van der Waals surface area (Å²) < 4.78 is 40.3. The summed E-state index contributed by atoms with van der Waals surface area (Å²) in [5, 5.41) is 3.69. The summed E-state index contributed by atoms with van der Waals surface area (Å²) in [6.07, 6.45) is 1.81. The first-order valence-electron chi connectivity index (χ1n) is 15.4. The average molecular weight is 713 g/mol. The summed E-state index contributed by atoms with van der Waals surface area (Å²) in [4.78, 5) is 29.8. The Hall–Kier alpha value is -4.25. The largest absolute Gasteiger partial charge is 0.493 e. The topological polar surface area (TPSA) is 105 Å². The van der Waals surface area contributed by atoms with Crippen LogP contribution < -0.4 is 19.1 Å². The minimum Gasteiger partial charge on any atom is -0.493 e. The number of sulfonamides is 1. The number of benzene rings is 4. The Morgan fingerprint density at radius 2 is 1.52 bits per heavy atom. The molecule has 1 N–H and O–H groups in total. The van der Waals surface area contributed by atoms with E-state index >= 15 is 0 Å². The van der Waals surface area contributed by atoms with Gasteiger partial charge in [0.2, 0.25) is 11.8 Å². The monoisotopic (exact) mass is 711 g/mol. The van der Waals surface area contributed by atoms with Gasteiger partial charge in [0.15, 0.2) is 11.5 Å². The number of para-hydroxylation sites is 1. The Bertz CT molecular complexity index is 1790. The van der Waals surface area contributed by atoms with Gasteiger partial charge in [-0.25, -0.2) is 8.42 Å². The number of ether oxygens (including phenoxy) is 2. The van der Waals surface area contributed by atoms with Crippen LogP contribution >= 0.6 is 23.2 Å². The molecule has 0 heterocycles. The van der Waals surface area contributed by atoms with Crippen molar-refractivity contribution in [3.05, 3.63) is 118 Å². The Morgan fingerprint density at radius 1 is 0.854 bits per heavy atom. The molecular weight excluding hydrogens is 673 g/mol. The van der Waals surface area contributed by atoms with E-state index in [9.17, 15) is 18.0 Å². The lowest BCUT2D eigenvalue weighted by molar-refractivity contribution is -0.140. The van der Waals surface area contributed by atoms with Gasteiger partial charge in [0.05, 0.1) is 24.8 Å². The second kappa shape index (κ2) is 17.2. The van der Waals surface area contributed by atoms with Crippen molar-refractivity contribution in [3.8, 4) is 11.5 Å². The molecule has 4 aromatic rings. The highest BCUT2D eigenvalue weighted by Crippen LogP contribution is 2.33. The summed E-state index contributed by atoms with van der Waals surface area (Å²) >= 11 is 12.8.